The van der Waals surface area contributed by atoms with Crippen LogP contribution in [0.15, 0.2) is 47.4 Å². The molecule has 1 fully saturated rings. The van der Waals surface area contributed by atoms with Gasteiger partial charge in [-0.15, -0.1) is 0 Å². The van der Waals surface area contributed by atoms with Crippen molar-refractivity contribution in [2.45, 2.75) is 43.4 Å². The lowest BCUT2D eigenvalue weighted by Crippen LogP contribution is -2.36. The van der Waals surface area contributed by atoms with Gasteiger partial charge in [0.1, 0.15) is 16.5 Å². The van der Waals surface area contributed by atoms with Gasteiger partial charge in [0.05, 0.1) is 19.7 Å². The van der Waals surface area contributed by atoms with Crippen molar-refractivity contribution in [3.63, 3.8) is 0 Å². The summed E-state index contributed by atoms with van der Waals surface area (Å²) in [4.78, 5) is 28.7. The van der Waals surface area contributed by atoms with Gasteiger partial charge >= 0.3 is 0 Å². The fraction of sp³-hybridized carbons (Fsp3) is 0.517. The van der Waals surface area contributed by atoms with E-state index in [-0.39, 0.29) is 23.7 Å². The van der Waals surface area contributed by atoms with Crippen LogP contribution in [0.4, 0.5) is 15.8 Å². The molecule has 2 aromatic carbocycles. The third-order valence-electron chi connectivity index (χ3n) is 6.60. The summed E-state index contributed by atoms with van der Waals surface area (Å²) in [7, 11) is 1.76. The molecule has 0 radical (unpaired) electrons. The lowest BCUT2D eigenvalue weighted by molar-refractivity contribution is -0.119. The Morgan fingerprint density at radius 1 is 0.902 bits per heavy atom. The molecule has 226 valence electrons. The predicted molar refractivity (Wildman–Crippen MR) is 158 cm³/mol. The summed E-state index contributed by atoms with van der Waals surface area (Å²) < 4.78 is 48.2. The van der Waals surface area contributed by atoms with Gasteiger partial charge in [-0.25, -0.2) is 12.8 Å². The average Bonchev–Trinajstić information content (AvgIpc) is 3.19. The van der Waals surface area contributed by atoms with Gasteiger partial charge in [0.25, 0.3) is 0 Å². The number of benzene rings is 2. The second-order valence-corrected chi connectivity index (χ2v) is 12.5. The lowest BCUT2D eigenvalue weighted by atomic mass is 10.2. The minimum atomic E-state index is -3.84. The second-order valence-electron chi connectivity index (χ2n) is 10.6. The number of carbonyl (C=O) groups excluding carboxylic acids is 2. The molecule has 0 unspecified atom stereocenters. The van der Waals surface area contributed by atoms with E-state index >= 15 is 0 Å². The number of nitrogens with zero attached hydrogens (tertiary/aromatic N) is 3. The zero-order valence-corrected chi connectivity index (χ0v) is 25.0. The van der Waals surface area contributed by atoms with Crippen LogP contribution in [0, 0.1) is 5.82 Å². The monoisotopic (exact) mass is 591 g/mol. The maximum atomic E-state index is 13.7. The molecule has 41 heavy (non-hydrogen) atoms. The summed E-state index contributed by atoms with van der Waals surface area (Å²) in [5, 5.41) is 5.33. The highest BCUT2D eigenvalue weighted by atomic mass is 32.2. The third-order valence-corrected chi connectivity index (χ3v) is 8.52. The summed E-state index contributed by atoms with van der Waals surface area (Å²) in [5.41, 5.74) is 0.645. The van der Waals surface area contributed by atoms with Gasteiger partial charge in [0.2, 0.25) is 21.8 Å². The maximum absolute atomic E-state index is 13.7. The van der Waals surface area contributed by atoms with E-state index < -0.39 is 27.7 Å². The maximum Gasteiger partial charge on any atom is 0.246 e. The van der Waals surface area contributed by atoms with E-state index in [0.29, 0.717) is 31.1 Å². The molecule has 2 N–H and O–H groups in total. The molecule has 0 bridgehead atoms. The largest absolute Gasteiger partial charge is 0.492 e. The molecule has 0 saturated carbocycles. The van der Waals surface area contributed by atoms with Gasteiger partial charge in [-0.1, -0.05) is 18.9 Å². The number of unbranched alkanes of at least 4 members (excludes halogenated alkanes) is 1. The zero-order valence-electron chi connectivity index (χ0n) is 24.2. The number of nitrogens with one attached hydrogen (secondary N) is 2. The summed E-state index contributed by atoms with van der Waals surface area (Å²) in [6, 6.07) is 10.2. The van der Waals surface area contributed by atoms with E-state index in [4.69, 9.17) is 4.74 Å². The SMILES string of the molecule is CN(C)CCCCOc1ccc(NC(=O)CN(C)CC(=O)Nc2cccc(F)c2)cc1S(=O)(=O)N1CCCCCC1. The Labute approximate surface area is 242 Å². The van der Waals surface area contributed by atoms with Gasteiger partial charge in [-0.2, -0.15) is 4.31 Å². The number of rotatable bonds is 14. The highest BCUT2D eigenvalue weighted by Gasteiger charge is 2.29. The molecule has 1 heterocycles. The topological polar surface area (TPSA) is 111 Å². The smallest absolute Gasteiger partial charge is 0.246 e. The standard InChI is InChI=1S/C29H42FN5O5S/c1-33(2)15-8-9-18-40-26-14-13-25(20-27(26)41(38,39)35-16-6-4-5-7-17-35)32-29(37)22-34(3)21-28(36)31-24-12-10-11-23(30)19-24/h10-14,19-20H,4-9,15-18,21-22H2,1-3H3,(H,31,36)(H,32,37). The number of likely N-dealkylation sites (N-methyl/N-ethyl adjacent to an activating group) is 1. The van der Waals surface area contributed by atoms with Crippen LogP contribution in [0.2, 0.25) is 0 Å². The van der Waals surface area contributed by atoms with Crippen LogP contribution in [-0.4, -0.2) is 94.8 Å². The molecule has 1 aliphatic rings. The van der Waals surface area contributed by atoms with Crippen molar-refractivity contribution in [3.8, 4) is 5.75 Å². The summed E-state index contributed by atoms with van der Waals surface area (Å²) in [6.45, 7) is 1.97. The van der Waals surface area contributed by atoms with E-state index in [1.165, 1.54) is 33.5 Å². The number of carbonyl (C=O) groups is 2. The Morgan fingerprint density at radius 2 is 1.54 bits per heavy atom. The highest BCUT2D eigenvalue weighted by Crippen LogP contribution is 2.31. The molecule has 10 nitrogen and oxygen atoms in total. The van der Waals surface area contributed by atoms with Crippen molar-refractivity contribution in [1.82, 2.24) is 14.1 Å². The van der Waals surface area contributed by atoms with Crippen molar-refractivity contribution in [2.75, 3.05) is 71.1 Å². The Bertz CT molecular complexity index is 1270. The van der Waals surface area contributed by atoms with E-state index in [9.17, 15) is 22.4 Å². The van der Waals surface area contributed by atoms with E-state index in [2.05, 4.69) is 15.5 Å². The summed E-state index contributed by atoms with van der Waals surface area (Å²) >= 11 is 0. The summed E-state index contributed by atoms with van der Waals surface area (Å²) in [6.07, 6.45) is 5.28. The highest BCUT2D eigenvalue weighted by molar-refractivity contribution is 7.89. The molecule has 2 aromatic rings. The minimum Gasteiger partial charge on any atom is -0.492 e. The Balaban J connectivity index is 1.67. The number of amides is 2. The molecule has 1 aliphatic heterocycles. The first-order chi connectivity index (χ1) is 19.5. The van der Waals surface area contributed by atoms with Crippen LogP contribution in [-0.2, 0) is 19.6 Å². The van der Waals surface area contributed by atoms with Crippen LogP contribution in [0.25, 0.3) is 0 Å². The number of hydrogen-bond donors (Lipinski definition) is 2. The molecule has 3 rings (SSSR count). The quantitative estimate of drug-likeness (QED) is 0.323. The van der Waals surface area contributed by atoms with Crippen LogP contribution in [0.1, 0.15) is 38.5 Å². The molecular weight excluding hydrogens is 549 g/mol. The summed E-state index contributed by atoms with van der Waals surface area (Å²) in [5.74, 6) is -1.01. The van der Waals surface area contributed by atoms with Crippen LogP contribution >= 0.6 is 0 Å². The average molecular weight is 592 g/mol. The number of sulfonamides is 1. The molecule has 2 amide bonds. The molecule has 1 saturated heterocycles. The number of ether oxygens (including phenoxy) is 1. The van der Waals surface area contributed by atoms with Gasteiger partial charge in [-0.3, -0.25) is 14.5 Å². The Morgan fingerprint density at radius 3 is 2.15 bits per heavy atom. The lowest BCUT2D eigenvalue weighted by Gasteiger charge is -2.22. The van der Waals surface area contributed by atoms with Crippen molar-refractivity contribution >= 4 is 33.2 Å². The fourth-order valence-electron chi connectivity index (χ4n) is 4.55. The first-order valence-corrected chi connectivity index (χ1v) is 15.4. The van der Waals surface area contributed by atoms with Crippen molar-refractivity contribution < 1.29 is 27.1 Å². The first-order valence-electron chi connectivity index (χ1n) is 14.0. The molecule has 0 aromatic heterocycles. The van der Waals surface area contributed by atoms with E-state index in [1.54, 1.807) is 25.2 Å². The minimum absolute atomic E-state index is 0.0348. The van der Waals surface area contributed by atoms with Gasteiger partial charge < -0.3 is 20.3 Å². The normalized spacial score (nSPS) is 14.6. The van der Waals surface area contributed by atoms with Gasteiger partial charge in [0, 0.05) is 24.5 Å². The van der Waals surface area contributed by atoms with Crippen molar-refractivity contribution in [2.24, 2.45) is 0 Å². The van der Waals surface area contributed by atoms with Crippen LogP contribution in [0.3, 0.4) is 0 Å². The van der Waals surface area contributed by atoms with Crippen LogP contribution in [0.5, 0.6) is 5.75 Å². The molecule has 0 aliphatic carbocycles. The number of anilines is 2. The van der Waals surface area contributed by atoms with E-state index in [1.807, 2.05) is 14.1 Å². The molecular formula is C29H42FN5O5S. The zero-order chi connectivity index (χ0) is 29.8. The van der Waals surface area contributed by atoms with E-state index in [0.717, 1.165) is 45.1 Å². The van der Waals surface area contributed by atoms with Crippen LogP contribution < -0.4 is 15.4 Å². The van der Waals surface area contributed by atoms with Gasteiger partial charge in [-0.05, 0) is 89.8 Å². The predicted octanol–water partition coefficient (Wildman–Crippen LogP) is 3.62. The Kier molecular flexibility index (Phi) is 12.5. The van der Waals surface area contributed by atoms with Crippen molar-refractivity contribution in [1.29, 1.82) is 0 Å². The first kappa shape index (κ1) is 32.5. The second kappa shape index (κ2) is 15.8. The molecule has 0 spiro atoms. The molecule has 12 heteroatoms. The fourth-order valence-corrected chi connectivity index (χ4v) is 6.23. The number of hydrogen-bond acceptors (Lipinski definition) is 7. The third kappa shape index (κ3) is 10.7. The van der Waals surface area contributed by atoms with Gasteiger partial charge in [0.15, 0.2) is 0 Å². The van der Waals surface area contributed by atoms with Crippen molar-refractivity contribution in [3.05, 3.63) is 48.3 Å². The molecule has 0 atom stereocenters. The number of halogens is 1. The Hall–Kier alpha value is -3.06.